The van der Waals surface area contributed by atoms with Crippen LogP contribution in [0.25, 0.3) is 0 Å². The van der Waals surface area contributed by atoms with Gasteiger partial charge in [0.2, 0.25) is 5.91 Å². The Morgan fingerprint density at radius 1 is 0.529 bits per heavy atom. The first-order valence-electron chi connectivity index (χ1n) is 27.9. The van der Waals surface area contributed by atoms with Gasteiger partial charge < -0.3 is 28.8 Å². The molecule has 1 amide bonds. The van der Waals surface area contributed by atoms with Crippen molar-refractivity contribution in [2.24, 2.45) is 0 Å². The lowest BCUT2D eigenvalue weighted by Gasteiger charge is -2.29. The summed E-state index contributed by atoms with van der Waals surface area (Å²) in [5.74, 6) is -0.202. The van der Waals surface area contributed by atoms with Gasteiger partial charge in [0, 0.05) is 6.42 Å². The number of allylic oxidation sites excluding steroid dienone is 13. The van der Waals surface area contributed by atoms with E-state index in [-0.39, 0.29) is 19.1 Å². The number of carbonyl (C=O) groups is 1. The molecule has 0 rings (SSSR count). The monoisotopic (exact) mass is 971 g/mol. The Balaban J connectivity index is 3.82. The number of hydrogen-bond acceptors (Lipinski definition) is 6. The molecule has 0 heterocycles. The highest BCUT2D eigenvalue weighted by atomic mass is 31.2. The summed E-state index contributed by atoms with van der Waals surface area (Å²) in [6.45, 7) is 4.47. The molecule has 0 aliphatic carbocycles. The second kappa shape index (κ2) is 49.7. The van der Waals surface area contributed by atoms with Crippen LogP contribution in [0.2, 0.25) is 0 Å². The minimum atomic E-state index is -4.58. The number of phosphoric acid groups is 1. The van der Waals surface area contributed by atoms with E-state index in [9.17, 15) is 19.4 Å². The van der Waals surface area contributed by atoms with Gasteiger partial charge in [-0.1, -0.05) is 240 Å². The topological polar surface area (TPSA) is 108 Å². The molecular weight excluding hydrogens is 864 g/mol. The predicted molar refractivity (Wildman–Crippen MR) is 293 cm³/mol. The molecule has 2 N–H and O–H groups in total. The number of carbonyl (C=O) groups excluding carboxylic acids is 1. The number of hydrogen-bond donors (Lipinski definition) is 2. The quantitative estimate of drug-likeness (QED) is 0.0272. The first-order chi connectivity index (χ1) is 33.0. The van der Waals surface area contributed by atoms with Crippen molar-refractivity contribution in [3.8, 4) is 0 Å². The first-order valence-corrected chi connectivity index (χ1v) is 29.4. The fourth-order valence-electron chi connectivity index (χ4n) is 7.74. The highest BCUT2D eigenvalue weighted by molar-refractivity contribution is 7.45. The predicted octanol–water partition coefficient (Wildman–Crippen LogP) is 16.2. The number of aliphatic hydroxyl groups excluding tert-OH is 1. The molecule has 68 heavy (non-hydrogen) atoms. The fraction of sp³-hybridized carbons (Fsp3) is 0.746. The Bertz CT molecular complexity index is 1380. The van der Waals surface area contributed by atoms with Crippen molar-refractivity contribution in [3.63, 3.8) is 0 Å². The molecule has 9 heteroatoms. The van der Waals surface area contributed by atoms with Gasteiger partial charge in [0.25, 0.3) is 7.82 Å². The Morgan fingerprint density at radius 3 is 1.31 bits per heavy atom. The van der Waals surface area contributed by atoms with Crippen LogP contribution < -0.4 is 10.2 Å². The normalized spacial score (nSPS) is 14.6. The molecule has 0 aliphatic heterocycles. The molecule has 0 spiro atoms. The van der Waals surface area contributed by atoms with Crippen molar-refractivity contribution in [1.29, 1.82) is 0 Å². The van der Waals surface area contributed by atoms with Crippen molar-refractivity contribution >= 4 is 13.7 Å². The molecule has 0 aromatic carbocycles. The van der Waals surface area contributed by atoms with Crippen LogP contribution in [-0.2, 0) is 18.4 Å². The average Bonchev–Trinajstić information content (AvgIpc) is 3.30. The number of quaternary nitrogens is 1. The number of unbranched alkanes of at least 4 members (excludes halogenated alkanes) is 25. The van der Waals surface area contributed by atoms with E-state index in [1.807, 2.05) is 27.2 Å². The maximum Gasteiger partial charge on any atom is 0.268 e. The third-order valence-corrected chi connectivity index (χ3v) is 13.1. The average molecular weight is 971 g/mol. The minimum absolute atomic E-state index is 0.00259. The van der Waals surface area contributed by atoms with Crippen LogP contribution in [0.15, 0.2) is 85.1 Å². The molecule has 0 aromatic rings. The van der Waals surface area contributed by atoms with Gasteiger partial charge >= 0.3 is 0 Å². The molecule has 0 saturated carbocycles. The van der Waals surface area contributed by atoms with Gasteiger partial charge in [0.15, 0.2) is 0 Å². The lowest BCUT2D eigenvalue weighted by molar-refractivity contribution is -0.870. The van der Waals surface area contributed by atoms with Crippen LogP contribution in [0.4, 0.5) is 0 Å². The third-order valence-electron chi connectivity index (χ3n) is 12.1. The van der Waals surface area contributed by atoms with E-state index in [4.69, 9.17) is 9.05 Å². The molecule has 0 saturated heterocycles. The van der Waals surface area contributed by atoms with Crippen LogP contribution in [0.3, 0.4) is 0 Å². The Hall–Kier alpha value is -2.32. The maximum atomic E-state index is 12.8. The second-order valence-corrected chi connectivity index (χ2v) is 21.3. The number of nitrogens with zero attached hydrogens (tertiary/aromatic N) is 1. The van der Waals surface area contributed by atoms with Gasteiger partial charge in [-0.15, -0.1) is 0 Å². The minimum Gasteiger partial charge on any atom is -0.756 e. The van der Waals surface area contributed by atoms with Gasteiger partial charge in [0.05, 0.1) is 39.9 Å². The summed E-state index contributed by atoms with van der Waals surface area (Å²) < 4.78 is 23.1. The number of phosphoric ester groups is 1. The zero-order chi connectivity index (χ0) is 49.9. The largest absolute Gasteiger partial charge is 0.756 e. The molecule has 0 fully saturated rings. The van der Waals surface area contributed by atoms with Crippen molar-refractivity contribution < 1.29 is 32.9 Å². The summed E-state index contributed by atoms with van der Waals surface area (Å²) >= 11 is 0. The van der Waals surface area contributed by atoms with Crippen molar-refractivity contribution in [3.05, 3.63) is 85.1 Å². The van der Waals surface area contributed by atoms with Crippen molar-refractivity contribution in [2.75, 3.05) is 40.9 Å². The van der Waals surface area contributed by atoms with Gasteiger partial charge in [0.1, 0.15) is 13.2 Å². The summed E-state index contributed by atoms with van der Waals surface area (Å²) in [5, 5.41) is 13.7. The lowest BCUT2D eigenvalue weighted by atomic mass is 10.0. The Morgan fingerprint density at radius 2 is 0.897 bits per heavy atom. The summed E-state index contributed by atoms with van der Waals surface area (Å²) in [4.78, 5) is 25.3. The van der Waals surface area contributed by atoms with E-state index in [0.717, 1.165) is 77.0 Å². The highest BCUT2D eigenvalue weighted by Gasteiger charge is 2.23. The Kier molecular flexibility index (Phi) is 48.0. The number of rotatable bonds is 50. The summed E-state index contributed by atoms with van der Waals surface area (Å²) in [7, 11) is 1.26. The van der Waals surface area contributed by atoms with Crippen molar-refractivity contribution in [2.45, 2.75) is 244 Å². The highest BCUT2D eigenvalue weighted by Crippen LogP contribution is 2.38. The molecule has 3 unspecified atom stereocenters. The summed E-state index contributed by atoms with van der Waals surface area (Å²) in [5.41, 5.74) is 0. The maximum absolute atomic E-state index is 12.8. The number of aliphatic hydroxyl groups is 1. The van der Waals surface area contributed by atoms with E-state index in [2.05, 4.69) is 92.1 Å². The van der Waals surface area contributed by atoms with E-state index >= 15 is 0 Å². The van der Waals surface area contributed by atoms with Crippen molar-refractivity contribution in [1.82, 2.24) is 5.32 Å². The number of amides is 1. The van der Waals surface area contributed by atoms with E-state index in [0.29, 0.717) is 17.4 Å². The molecular formula is C59H107N2O6P. The zero-order valence-electron chi connectivity index (χ0n) is 44.8. The van der Waals surface area contributed by atoms with Gasteiger partial charge in [-0.25, -0.2) is 0 Å². The van der Waals surface area contributed by atoms with E-state index in [1.165, 1.54) is 135 Å². The number of nitrogens with one attached hydrogen (secondary N) is 1. The Labute approximate surface area is 420 Å². The first kappa shape index (κ1) is 65.7. The molecule has 3 atom stereocenters. The van der Waals surface area contributed by atoms with Gasteiger partial charge in [-0.05, 0) is 70.6 Å². The molecule has 0 radical (unpaired) electrons. The molecule has 8 nitrogen and oxygen atoms in total. The van der Waals surface area contributed by atoms with Crippen LogP contribution in [-0.4, -0.2) is 68.5 Å². The van der Waals surface area contributed by atoms with Crippen LogP contribution in [0.1, 0.15) is 232 Å². The molecule has 394 valence electrons. The number of likely N-dealkylation sites (N-methyl/N-ethyl adjacent to an activating group) is 1. The molecule has 0 bridgehead atoms. The lowest BCUT2D eigenvalue weighted by Crippen LogP contribution is -2.45. The second-order valence-electron chi connectivity index (χ2n) is 19.9. The van der Waals surface area contributed by atoms with Gasteiger partial charge in [-0.2, -0.15) is 0 Å². The van der Waals surface area contributed by atoms with Crippen LogP contribution in [0, 0.1) is 0 Å². The van der Waals surface area contributed by atoms with Gasteiger partial charge in [-0.3, -0.25) is 9.36 Å². The summed E-state index contributed by atoms with van der Waals surface area (Å²) in [6, 6.07) is -0.884. The fourth-order valence-corrected chi connectivity index (χ4v) is 8.47. The third kappa shape index (κ3) is 51.5. The molecule has 0 aliphatic rings. The van der Waals surface area contributed by atoms with Crippen LogP contribution in [0.5, 0.6) is 0 Å². The zero-order valence-corrected chi connectivity index (χ0v) is 45.7. The van der Waals surface area contributed by atoms with E-state index in [1.54, 1.807) is 6.08 Å². The van der Waals surface area contributed by atoms with Crippen LogP contribution >= 0.6 is 7.82 Å². The SMILES string of the molecule is CC/C=C\C/C=C\C/C=C\C/C=C\C/C=C\C/C=C\CCCCCCCCCCCCCCCCCCCCCCC(=O)NC(COP(=O)([O-])OCC[N+](C)(C)C)C(O)/C=C/CCCCCCC. The van der Waals surface area contributed by atoms with E-state index < -0.39 is 20.0 Å². The summed E-state index contributed by atoms with van der Waals surface area (Å²) in [6.07, 6.45) is 69.9. The standard InChI is InChI=1S/C59H107N2O6P/c1-6-8-10-12-14-15-16-17-18-19-20-21-22-23-24-25-26-27-28-29-30-31-32-33-34-35-36-37-38-39-40-41-42-43-44-45-47-49-51-53-59(63)60-57(58(62)52-50-48-46-13-11-9-7-2)56-67-68(64,65)66-55-54-61(3,4)5/h8,10,14-15,17-18,20-21,23-24,26-27,50,52,57-58,62H,6-7,9,11-13,16,19,22,25,28-49,51,53-56H2,1-5H3,(H-,60,63,64,65)/b10-8-,15-14-,18-17-,21-20-,24-23-,27-26-,52-50+. The smallest absolute Gasteiger partial charge is 0.268 e. The molecule has 0 aromatic heterocycles.